The van der Waals surface area contributed by atoms with E-state index < -0.39 is 0 Å². The molecule has 0 atom stereocenters. The summed E-state index contributed by atoms with van der Waals surface area (Å²) in [6, 6.07) is 10.7. The van der Waals surface area contributed by atoms with Gasteiger partial charge in [0.15, 0.2) is 0 Å². The Morgan fingerprint density at radius 2 is 2.21 bits per heavy atom. The Hall–Kier alpha value is -2.93. The number of thiazole rings is 1. The summed E-state index contributed by atoms with van der Waals surface area (Å²) in [4.78, 5) is 20.1. The van der Waals surface area contributed by atoms with Crippen LogP contribution in [0.25, 0.3) is 0 Å². The second kappa shape index (κ2) is 8.07. The summed E-state index contributed by atoms with van der Waals surface area (Å²) in [6.07, 6.45) is 3.41. The lowest BCUT2D eigenvalue weighted by Crippen LogP contribution is -2.28. The van der Waals surface area contributed by atoms with Crippen LogP contribution in [0.2, 0.25) is 0 Å². The van der Waals surface area contributed by atoms with Crippen molar-refractivity contribution in [3.05, 3.63) is 70.9 Å². The third-order valence-corrected chi connectivity index (χ3v) is 3.77. The number of carbonyl (C=O) groups excluding carboxylic acids is 1. The van der Waals surface area contributed by atoms with Crippen molar-refractivity contribution in [2.75, 3.05) is 5.32 Å². The van der Waals surface area contributed by atoms with Gasteiger partial charge in [0.25, 0.3) is 0 Å². The average molecular weight is 340 g/mol. The lowest BCUT2D eigenvalue weighted by atomic mass is 10.3. The van der Waals surface area contributed by atoms with Crippen molar-refractivity contribution in [3.8, 4) is 5.75 Å². The predicted octanol–water partition coefficient (Wildman–Crippen LogP) is 3.44. The van der Waals surface area contributed by atoms with Gasteiger partial charge < -0.3 is 15.4 Å². The second-order valence-corrected chi connectivity index (χ2v) is 5.68. The zero-order valence-electron chi connectivity index (χ0n) is 12.8. The van der Waals surface area contributed by atoms with Gasteiger partial charge in [-0.1, -0.05) is 12.1 Å². The summed E-state index contributed by atoms with van der Waals surface area (Å²) in [6.45, 7) is 0.819. The van der Waals surface area contributed by atoms with Gasteiger partial charge in [0.2, 0.25) is 0 Å². The van der Waals surface area contributed by atoms with Crippen molar-refractivity contribution in [1.29, 1.82) is 0 Å². The SMILES string of the molecule is O=C(NCc1cccnc1)Nc1cccc(OCc2cscn2)c1. The molecule has 0 aliphatic heterocycles. The van der Waals surface area contributed by atoms with Crippen LogP contribution >= 0.6 is 11.3 Å². The first-order chi connectivity index (χ1) is 11.8. The molecule has 1 aromatic carbocycles. The van der Waals surface area contributed by atoms with Crippen LogP contribution in [0.15, 0.2) is 59.7 Å². The highest BCUT2D eigenvalue weighted by Gasteiger charge is 2.04. The fourth-order valence-corrected chi connectivity index (χ4v) is 2.53. The van der Waals surface area contributed by atoms with E-state index in [0.717, 1.165) is 11.3 Å². The number of nitrogens with one attached hydrogen (secondary N) is 2. The number of carbonyl (C=O) groups is 1. The Kier molecular flexibility index (Phi) is 5.36. The van der Waals surface area contributed by atoms with Gasteiger partial charge in [-0.05, 0) is 23.8 Å². The first kappa shape index (κ1) is 15.9. The average Bonchev–Trinajstić information content (AvgIpc) is 3.13. The van der Waals surface area contributed by atoms with Gasteiger partial charge in [-0.3, -0.25) is 4.98 Å². The summed E-state index contributed by atoms with van der Waals surface area (Å²) < 4.78 is 5.67. The number of aromatic nitrogens is 2. The number of urea groups is 1. The van der Waals surface area contributed by atoms with Gasteiger partial charge in [0.1, 0.15) is 12.4 Å². The van der Waals surface area contributed by atoms with E-state index in [0.29, 0.717) is 24.6 Å². The van der Waals surface area contributed by atoms with E-state index >= 15 is 0 Å². The normalized spacial score (nSPS) is 10.2. The zero-order valence-corrected chi connectivity index (χ0v) is 13.6. The van der Waals surface area contributed by atoms with Crippen LogP contribution in [0.3, 0.4) is 0 Å². The molecule has 0 radical (unpaired) electrons. The van der Waals surface area contributed by atoms with E-state index in [4.69, 9.17) is 4.74 Å². The minimum atomic E-state index is -0.282. The highest BCUT2D eigenvalue weighted by molar-refractivity contribution is 7.07. The summed E-state index contributed by atoms with van der Waals surface area (Å²) in [5.74, 6) is 0.674. The van der Waals surface area contributed by atoms with Gasteiger partial charge in [0.05, 0.1) is 11.2 Å². The Labute approximate surface area is 143 Å². The highest BCUT2D eigenvalue weighted by atomic mass is 32.1. The maximum atomic E-state index is 11.9. The quantitative estimate of drug-likeness (QED) is 0.721. The van der Waals surface area contributed by atoms with Crippen LogP contribution in [0.1, 0.15) is 11.3 Å². The van der Waals surface area contributed by atoms with Crippen molar-refractivity contribution in [2.45, 2.75) is 13.2 Å². The number of nitrogens with zero attached hydrogens (tertiary/aromatic N) is 2. The van der Waals surface area contributed by atoms with E-state index in [2.05, 4.69) is 20.6 Å². The molecule has 2 N–H and O–H groups in total. The molecule has 3 rings (SSSR count). The van der Waals surface area contributed by atoms with Crippen molar-refractivity contribution < 1.29 is 9.53 Å². The van der Waals surface area contributed by atoms with Gasteiger partial charge in [0, 0.05) is 36.1 Å². The lowest BCUT2D eigenvalue weighted by molar-refractivity contribution is 0.251. The molecule has 7 heteroatoms. The van der Waals surface area contributed by atoms with Crippen LogP contribution in [0.4, 0.5) is 10.5 Å². The summed E-state index contributed by atoms with van der Waals surface area (Å²) in [7, 11) is 0. The molecule has 0 saturated carbocycles. The van der Waals surface area contributed by atoms with E-state index in [-0.39, 0.29) is 6.03 Å². The Balaban J connectivity index is 1.51. The second-order valence-electron chi connectivity index (χ2n) is 4.97. The molecule has 0 unspecified atom stereocenters. The van der Waals surface area contributed by atoms with Crippen molar-refractivity contribution in [3.63, 3.8) is 0 Å². The Morgan fingerprint density at radius 3 is 3.00 bits per heavy atom. The number of hydrogen-bond acceptors (Lipinski definition) is 5. The van der Waals surface area contributed by atoms with Crippen LogP contribution < -0.4 is 15.4 Å². The highest BCUT2D eigenvalue weighted by Crippen LogP contribution is 2.18. The summed E-state index contributed by atoms with van der Waals surface area (Å²) in [5.41, 5.74) is 4.25. The van der Waals surface area contributed by atoms with Gasteiger partial charge >= 0.3 is 6.03 Å². The van der Waals surface area contributed by atoms with Crippen LogP contribution in [-0.2, 0) is 13.2 Å². The molecule has 0 saturated heterocycles. The van der Waals surface area contributed by atoms with E-state index in [9.17, 15) is 4.79 Å². The fraction of sp³-hybridized carbons (Fsp3) is 0.118. The Morgan fingerprint density at radius 1 is 1.25 bits per heavy atom. The summed E-state index contributed by atoms with van der Waals surface area (Å²) >= 11 is 1.53. The number of benzene rings is 1. The number of amides is 2. The number of pyridine rings is 1. The minimum absolute atomic E-state index is 0.282. The lowest BCUT2D eigenvalue weighted by Gasteiger charge is -2.09. The summed E-state index contributed by atoms with van der Waals surface area (Å²) in [5, 5.41) is 7.50. The molecule has 2 heterocycles. The monoisotopic (exact) mass is 340 g/mol. The van der Waals surface area contributed by atoms with Crippen LogP contribution in [0, 0.1) is 0 Å². The van der Waals surface area contributed by atoms with Gasteiger partial charge in [-0.2, -0.15) is 0 Å². The number of anilines is 1. The van der Waals surface area contributed by atoms with E-state index in [1.54, 1.807) is 30.0 Å². The first-order valence-electron chi connectivity index (χ1n) is 7.33. The fourth-order valence-electron chi connectivity index (χ4n) is 1.99. The number of rotatable bonds is 6. The molecular weight excluding hydrogens is 324 g/mol. The number of hydrogen-bond donors (Lipinski definition) is 2. The Bertz CT molecular complexity index is 778. The topological polar surface area (TPSA) is 76.1 Å². The molecule has 0 spiro atoms. The van der Waals surface area contributed by atoms with E-state index in [1.807, 2.05) is 29.6 Å². The standard InChI is InChI=1S/C17H16N4O2S/c22-17(19-9-13-3-2-6-18-8-13)21-14-4-1-5-16(7-14)23-10-15-11-24-12-20-15/h1-8,11-12H,9-10H2,(H2,19,21,22). The molecule has 6 nitrogen and oxygen atoms in total. The molecule has 2 aromatic heterocycles. The largest absolute Gasteiger partial charge is 0.487 e. The van der Waals surface area contributed by atoms with Crippen molar-refractivity contribution in [2.24, 2.45) is 0 Å². The van der Waals surface area contributed by atoms with Crippen molar-refractivity contribution in [1.82, 2.24) is 15.3 Å². The third kappa shape index (κ3) is 4.79. The molecule has 0 bridgehead atoms. The smallest absolute Gasteiger partial charge is 0.319 e. The molecule has 0 aliphatic rings. The van der Waals surface area contributed by atoms with Gasteiger partial charge in [-0.25, -0.2) is 9.78 Å². The minimum Gasteiger partial charge on any atom is -0.487 e. The molecule has 3 aromatic rings. The van der Waals surface area contributed by atoms with Crippen LogP contribution in [0.5, 0.6) is 5.75 Å². The maximum absolute atomic E-state index is 11.9. The molecule has 24 heavy (non-hydrogen) atoms. The maximum Gasteiger partial charge on any atom is 0.319 e. The van der Waals surface area contributed by atoms with E-state index in [1.165, 1.54) is 11.3 Å². The molecular formula is C17H16N4O2S. The van der Waals surface area contributed by atoms with Crippen molar-refractivity contribution >= 4 is 23.1 Å². The zero-order chi connectivity index (χ0) is 16.6. The predicted molar refractivity (Wildman–Crippen MR) is 93.0 cm³/mol. The van der Waals surface area contributed by atoms with Gasteiger partial charge in [-0.15, -0.1) is 11.3 Å². The molecule has 0 fully saturated rings. The number of ether oxygens (including phenoxy) is 1. The molecule has 122 valence electrons. The molecule has 2 amide bonds. The third-order valence-electron chi connectivity index (χ3n) is 3.14. The van der Waals surface area contributed by atoms with Crippen LogP contribution in [-0.4, -0.2) is 16.0 Å². The first-order valence-corrected chi connectivity index (χ1v) is 8.27. The molecule has 0 aliphatic carbocycles.